The molecule has 1 aliphatic carbocycles. The van der Waals surface area contributed by atoms with Gasteiger partial charge in [-0.3, -0.25) is 0 Å². The Morgan fingerprint density at radius 2 is 2.19 bits per heavy atom. The van der Waals surface area contributed by atoms with Gasteiger partial charge in [0.05, 0.1) is 11.3 Å². The van der Waals surface area contributed by atoms with Gasteiger partial charge in [-0.1, -0.05) is 5.16 Å². The third-order valence-corrected chi connectivity index (χ3v) is 3.11. The maximum atomic E-state index is 5.80. The Labute approximate surface area is 101 Å². The smallest absolute Gasteiger partial charge is 0.170 e. The normalized spacial score (nSPS) is 15.3. The van der Waals surface area contributed by atoms with Crippen molar-refractivity contribution in [2.75, 3.05) is 5.73 Å². The van der Waals surface area contributed by atoms with Gasteiger partial charge in [-0.2, -0.15) is 0 Å². The molecule has 4 nitrogen and oxygen atoms in total. The standard InChI is InChI=1S/C11H10BrN3O/c12-7-3-8(11(13)14-5-7)10-4-9(15-16-10)6-1-2-6/h3-6H,1-2H2,(H2,13,14). The zero-order valence-corrected chi connectivity index (χ0v) is 10.1. The van der Waals surface area contributed by atoms with Crippen LogP contribution >= 0.6 is 15.9 Å². The number of aromatic nitrogens is 2. The molecule has 1 fully saturated rings. The average Bonchev–Trinajstić information content (AvgIpc) is 3.01. The van der Waals surface area contributed by atoms with E-state index in [0.29, 0.717) is 17.5 Å². The predicted molar refractivity (Wildman–Crippen MR) is 63.8 cm³/mol. The van der Waals surface area contributed by atoms with Crippen molar-refractivity contribution >= 4 is 21.7 Å². The van der Waals surface area contributed by atoms with E-state index in [9.17, 15) is 0 Å². The van der Waals surface area contributed by atoms with Crippen LogP contribution in [0.15, 0.2) is 27.3 Å². The predicted octanol–water partition coefficient (Wildman–Crippen LogP) is 2.96. The van der Waals surface area contributed by atoms with E-state index in [4.69, 9.17) is 10.3 Å². The average molecular weight is 280 g/mol. The molecule has 3 rings (SSSR count). The first-order chi connectivity index (χ1) is 7.74. The Hall–Kier alpha value is -1.36. The summed E-state index contributed by atoms with van der Waals surface area (Å²) in [7, 11) is 0. The van der Waals surface area contributed by atoms with E-state index in [2.05, 4.69) is 26.1 Å². The number of hydrogen-bond donors (Lipinski definition) is 1. The minimum Gasteiger partial charge on any atom is -0.383 e. The molecule has 2 N–H and O–H groups in total. The molecule has 0 atom stereocenters. The molecule has 0 radical (unpaired) electrons. The monoisotopic (exact) mass is 279 g/mol. The summed E-state index contributed by atoms with van der Waals surface area (Å²) >= 11 is 3.36. The van der Waals surface area contributed by atoms with Crippen molar-refractivity contribution in [2.45, 2.75) is 18.8 Å². The summed E-state index contributed by atoms with van der Waals surface area (Å²) in [6, 6.07) is 3.84. The summed E-state index contributed by atoms with van der Waals surface area (Å²) in [5.74, 6) is 1.73. The fourth-order valence-corrected chi connectivity index (χ4v) is 1.97. The second-order valence-corrected chi connectivity index (χ2v) is 4.89. The lowest BCUT2D eigenvalue weighted by molar-refractivity contribution is 0.424. The maximum absolute atomic E-state index is 5.80. The molecule has 82 valence electrons. The first-order valence-corrected chi connectivity index (χ1v) is 5.91. The van der Waals surface area contributed by atoms with Crippen LogP contribution in [-0.2, 0) is 0 Å². The summed E-state index contributed by atoms with van der Waals surface area (Å²) in [4.78, 5) is 4.07. The lowest BCUT2D eigenvalue weighted by atomic mass is 10.2. The molecule has 1 saturated carbocycles. The van der Waals surface area contributed by atoms with E-state index >= 15 is 0 Å². The molecule has 0 unspecified atom stereocenters. The molecular formula is C11H10BrN3O. The number of nitrogens with zero attached hydrogens (tertiary/aromatic N) is 2. The zero-order valence-electron chi connectivity index (χ0n) is 8.48. The van der Waals surface area contributed by atoms with Gasteiger partial charge in [0.15, 0.2) is 5.76 Å². The van der Waals surface area contributed by atoms with Crippen LogP contribution in [-0.4, -0.2) is 10.1 Å². The molecule has 0 spiro atoms. The van der Waals surface area contributed by atoms with Gasteiger partial charge < -0.3 is 10.3 Å². The van der Waals surface area contributed by atoms with Crippen molar-refractivity contribution in [1.82, 2.24) is 10.1 Å². The largest absolute Gasteiger partial charge is 0.383 e. The maximum Gasteiger partial charge on any atom is 0.170 e. The van der Waals surface area contributed by atoms with Crippen molar-refractivity contribution in [3.63, 3.8) is 0 Å². The molecule has 0 aliphatic heterocycles. The van der Waals surface area contributed by atoms with Gasteiger partial charge in [-0.05, 0) is 34.8 Å². The number of anilines is 1. The highest BCUT2D eigenvalue weighted by Gasteiger charge is 2.27. The summed E-state index contributed by atoms with van der Waals surface area (Å²) in [6.07, 6.45) is 4.08. The molecule has 2 aromatic heterocycles. The van der Waals surface area contributed by atoms with Gasteiger partial charge in [-0.25, -0.2) is 4.98 Å². The second-order valence-electron chi connectivity index (χ2n) is 3.98. The lowest BCUT2D eigenvalue weighted by Gasteiger charge is -2.00. The van der Waals surface area contributed by atoms with E-state index < -0.39 is 0 Å². The Kier molecular flexibility index (Phi) is 2.21. The van der Waals surface area contributed by atoms with Crippen molar-refractivity contribution in [3.8, 4) is 11.3 Å². The van der Waals surface area contributed by atoms with Crippen molar-refractivity contribution < 1.29 is 4.52 Å². The van der Waals surface area contributed by atoms with Gasteiger partial charge >= 0.3 is 0 Å². The minimum atomic E-state index is 0.460. The van der Waals surface area contributed by atoms with E-state index in [1.54, 1.807) is 6.20 Å². The lowest BCUT2D eigenvalue weighted by Crippen LogP contribution is -1.92. The van der Waals surface area contributed by atoms with Crippen molar-refractivity contribution in [2.24, 2.45) is 0 Å². The van der Waals surface area contributed by atoms with Gasteiger partial charge in [0.1, 0.15) is 5.82 Å². The zero-order chi connectivity index (χ0) is 11.1. The highest BCUT2D eigenvalue weighted by molar-refractivity contribution is 9.10. The molecule has 2 heterocycles. The fraction of sp³-hybridized carbons (Fsp3) is 0.273. The Morgan fingerprint density at radius 1 is 1.38 bits per heavy atom. The SMILES string of the molecule is Nc1ncc(Br)cc1-c1cc(C2CC2)no1. The number of nitrogen functional groups attached to an aromatic ring is 1. The number of hydrogen-bond acceptors (Lipinski definition) is 4. The van der Waals surface area contributed by atoms with Crippen LogP contribution in [0.25, 0.3) is 11.3 Å². The number of halogens is 1. The first-order valence-electron chi connectivity index (χ1n) is 5.12. The van der Waals surface area contributed by atoms with Crippen molar-refractivity contribution in [1.29, 1.82) is 0 Å². The quantitative estimate of drug-likeness (QED) is 0.918. The first kappa shape index (κ1) is 9.84. The molecule has 0 aromatic carbocycles. The van der Waals surface area contributed by atoms with Gasteiger partial charge in [0, 0.05) is 22.7 Å². The summed E-state index contributed by atoms with van der Waals surface area (Å²) in [5.41, 5.74) is 7.61. The van der Waals surface area contributed by atoms with Crippen LogP contribution in [0.1, 0.15) is 24.5 Å². The van der Waals surface area contributed by atoms with Crippen LogP contribution in [0.4, 0.5) is 5.82 Å². The summed E-state index contributed by atoms with van der Waals surface area (Å²) < 4.78 is 6.17. The highest BCUT2D eigenvalue weighted by atomic mass is 79.9. The summed E-state index contributed by atoms with van der Waals surface area (Å²) in [6.45, 7) is 0. The number of nitrogens with two attached hydrogens (primary N) is 1. The van der Waals surface area contributed by atoms with E-state index in [1.807, 2.05) is 12.1 Å². The number of rotatable bonds is 2. The molecule has 2 aromatic rings. The Morgan fingerprint density at radius 3 is 2.94 bits per heavy atom. The third kappa shape index (κ3) is 1.71. The van der Waals surface area contributed by atoms with Crippen LogP contribution in [0.2, 0.25) is 0 Å². The van der Waals surface area contributed by atoms with Crippen LogP contribution in [0.3, 0.4) is 0 Å². The highest BCUT2D eigenvalue weighted by Crippen LogP contribution is 2.41. The van der Waals surface area contributed by atoms with E-state index in [0.717, 1.165) is 15.7 Å². The molecule has 1 aliphatic rings. The molecule has 0 amide bonds. The van der Waals surface area contributed by atoms with E-state index in [-0.39, 0.29) is 0 Å². The van der Waals surface area contributed by atoms with Crippen molar-refractivity contribution in [3.05, 3.63) is 28.5 Å². The molecule has 5 heteroatoms. The molecular weight excluding hydrogens is 270 g/mol. The minimum absolute atomic E-state index is 0.460. The summed E-state index contributed by atoms with van der Waals surface area (Å²) in [5, 5.41) is 4.05. The topological polar surface area (TPSA) is 64.9 Å². The van der Waals surface area contributed by atoms with Gasteiger partial charge in [-0.15, -0.1) is 0 Å². The van der Waals surface area contributed by atoms with Gasteiger partial charge in [0.2, 0.25) is 0 Å². The molecule has 0 saturated heterocycles. The van der Waals surface area contributed by atoms with E-state index in [1.165, 1.54) is 12.8 Å². The second kappa shape index (κ2) is 3.59. The van der Waals surface area contributed by atoms with Crippen LogP contribution in [0.5, 0.6) is 0 Å². The Bertz CT molecular complexity index is 534. The Balaban J connectivity index is 2.03. The molecule has 0 bridgehead atoms. The fourth-order valence-electron chi connectivity index (χ4n) is 1.63. The number of pyridine rings is 1. The van der Waals surface area contributed by atoms with Gasteiger partial charge in [0.25, 0.3) is 0 Å². The van der Waals surface area contributed by atoms with Crippen LogP contribution < -0.4 is 5.73 Å². The van der Waals surface area contributed by atoms with Crippen LogP contribution in [0, 0.1) is 0 Å². The third-order valence-electron chi connectivity index (χ3n) is 2.67. The molecule has 16 heavy (non-hydrogen) atoms.